The molecule has 0 aliphatic carbocycles. The molecule has 2 unspecified atom stereocenters. The zero-order valence-corrected chi connectivity index (χ0v) is 19.8. The lowest BCUT2D eigenvalue weighted by Crippen LogP contribution is -2.45. The van der Waals surface area contributed by atoms with Crippen LogP contribution in [0.2, 0.25) is 0 Å². The summed E-state index contributed by atoms with van der Waals surface area (Å²) in [4.78, 5) is 15.8. The highest BCUT2D eigenvalue weighted by atomic mass is 19.4. The van der Waals surface area contributed by atoms with Crippen LogP contribution in [-0.4, -0.2) is 43.7 Å². The van der Waals surface area contributed by atoms with Crippen LogP contribution < -0.4 is 9.64 Å². The van der Waals surface area contributed by atoms with Gasteiger partial charge in [0, 0.05) is 44.4 Å². The third-order valence-electron chi connectivity index (χ3n) is 6.68. The zero-order valence-electron chi connectivity index (χ0n) is 19.8. The first-order valence-corrected chi connectivity index (χ1v) is 11.9. The highest BCUT2D eigenvalue weighted by Gasteiger charge is 2.38. The number of furan rings is 1. The van der Waals surface area contributed by atoms with Crippen molar-refractivity contribution in [2.75, 3.05) is 37.7 Å². The molecule has 0 bridgehead atoms. The van der Waals surface area contributed by atoms with E-state index in [9.17, 15) is 18.0 Å². The Balaban J connectivity index is 1.19. The summed E-state index contributed by atoms with van der Waals surface area (Å²) in [6.07, 6.45) is -4.71. The van der Waals surface area contributed by atoms with Gasteiger partial charge in [-0.2, -0.15) is 13.2 Å². The number of para-hydroxylation sites is 1. The van der Waals surface area contributed by atoms with Gasteiger partial charge in [-0.05, 0) is 42.5 Å². The normalized spacial score (nSPS) is 20.2. The minimum Gasteiger partial charge on any atom is -0.481 e. The van der Waals surface area contributed by atoms with Gasteiger partial charge in [0.15, 0.2) is 6.10 Å². The first kappa shape index (κ1) is 24.2. The average Bonchev–Trinajstić information content (AvgIpc) is 3.47. The van der Waals surface area contributed by atoms with Crippen LogP contribution in [-0.2, 0) is 22.3 Å². The fourth-order valence-electron chi connectivity index (χ4n) is 4.80. The molecule has 0 radical (unpaired) electrons. The number of nitrogens with zero attached hydrogens (tertiary/aromatic N) is 2. The quantitative estimate of drug-likeness (QED) is 0.423. The van der Waals surface area contributed by atoms with E-state index in [1.165, 1.54) is 19.1 Å². The minimum atomic E-state index is -4.33. The summed E-state index contributed by atoms with van der Waals surface area (Å²) in [6, 6.07) is 16.9. The maximum atomic E-state index is 12.8. The summed E-state index contributed by atoms with van der Waals surface area (Å²) >= 11 is 0. The van der Waals surface area contributed by atoms with Gasteiger partial charge in [-0.25, -0.2) is 0 Å². The van der Waals surface area contributed by atoms with Gasteiger partial charge < -0.3 is 18.8 Å². The molecule has 0 amide bonds. The molecule has 2 atom stereocenters. The van der Waals surface area contributed by atoms with Crippen LogP contribution in [0, 0.1) is 0 Å². The molecule has 1 fully saturated rings. The number of hydrogen-bond acceptors (Lipinski definition) is 6. The standard InChI is InChI=1S/C27H27F3N2O4/c1-18(33)34-17-23-22-4-2-3-5-24(22)36-26(23)25-11-10-21(35-25)16-31-12-14-32(15-13-31)20-8-6-19(7-9-20)27(28,29)30/h2-11,23,26H,12-17H2,1H3. The van der Waals surface area contributed by atoms with E-state index < -0.39 is 11.7 Å². The summed E-state index contributed by atoms with van der Waals surface area (Å²) in [5.74, 6) is 1.75. The van der Waals surface area contributed by atoms with E-state index in [2.05, 4.69) is 9.80 Å². The molecular formula is C27H27F3N2O4. The Labute approximate surface area is 207 Å². The largest absolute Gasteiger partial charge is 0.481 e. The van der Waals surface area contributed by atoms with Crippen molar-refractivity contribution in [2.24, 2.45) is 0 Å². The monoisotopic (exact) mass is 500 g/mol. The fraction of sp³-hybridized carbons (Fsp3) is 0.370. The summed E-state index contributed by atoms with van der Waals surface area (Å²) in [5.41, 5.74) is 1.14. The number of hydrogen-bond donors (Lipinski definition) is 0. The number of fused-ring (bicyclic) bond motifs is 1. The first-order valence-electron chi connectivity index (χ1n) is 11.9. The molecule has 0 saturated carbocycles. The lowest BCUT2D eigenvalue weighted by Gasteiger charge is -2.35. The lowest BCUT2D eigenvalue weighted by molar-refractivity contribution is -0.142. The van der Waals surface area contributed by atoms with Gasteiger partial charge in [0.1, 0.15) is 23.9 Å². The number of piperazine rings is 1. The number of halogens is 3. The van der Waals surface area contributed by atoms with Crippen LogP contribution in [0.25, 0.3) is 0 Å². The third kappa shape index (κ3) is 5.21. The van der Waals surface area contributed by atoms with Crippen molar-refractivity contribution < 1.29 is 31.9 Å². The number of ether oxygens (including phenoxy) is 2. The van der Waals surface area contributed by atoms with Crippen molar-refractivity contribution in [3.63, 3.8) is 0 Å². The lowest BCUT2D eigenvalue weighted by atomic mass is 9.95. The molecule has 190 valence electrons. The van der Waals surface area contributed by atoms with Gasteiger partial charge in [0.2, 0.25) is 0 Å². The number of alkyl halides is 3. The molecule has 1 aromatic heterocycles. The second-order valence-corrected chi connectivity index (χ2v) is 9.10. The Kier molecular flexibility index (Phi) is 6.66. The molecule has 6 nitrogen and oxygen atoms in total. The molecule has 3 aromatic rings. The molecule has 5 rings (SSSR count). The van der Waals surface area contributed by atoms with Gasteiger partial charge in [0.25, 0.3) is 0 Å². The van der Waals surface area contributed by atoms with Crippen LogP contribution >= 0.6 is 0 Å². The number of rotatable bonds is 6. The van der Waals surface area contributed by atoms with Crippen molar-refractivity contribution in [3.8, 4) is 5.75 Å². The van der Waals surface area contributed by atoms with E-state index in [4.69, 9.17) is 13.9 Å². The van der Waals surface area contributed by atoms with Crippen molar-refractivity contribution in [1.29, 1.82) is 0 Å². The highest BCUT2D eigenvalue weighted by Crippen LogP contribution is 2.46. The number of carbonyl (C=O) groups is 1. The smallest absolute Gasteiger partial charge is 0.416 e. The molecule has 0 N–H and O–H groups in total. The number of esters is 1. The van der Waals surface area contributed by atoms with Crippen molar-refractivity contribution >= 4 is 11.7 Å². The summed E-state index contributed by atoms with van der Waals surface area (Å²) < 4.78 is 56.1. The van der Waals surface area contributed by atoms with Crippen LogP contribution in [0.1, 0.15) is 41.6 Å². The molecule has 2 aliphatic rings. The summed E-state index contributed by atoms with van der Waals surface area (Å²) in [7, 11) is 0. The molecular weight excluding hydrogens is 473 g/mol. The van der Waals surface area contributed by atoms with Crippen LogP contribution in [0.15, 0.2) is 65.1 Å². The molecule has 36 heavy (non-hydrogen) atoms. The average molecular weight is 501 g/mol. The molecule has 2 aromatic carbocycles. The molecule has 9 heteroatoms. The number of benzene rings is 2. The van der Waals surface area contributed by atoms with E-state index in [1.54, 1.807) is 0 Å². The SMILES string of the molecule is CC(=O)OCC1c2ccccc2OC1c1ccc(CN2CCN(c3ccc(C(F)(F)F)cc3)CC2)o1. The van der Waals surface area contributed by atoms with Gasteiger partial charge >= 0.3 is 12.1 Å². The van der Waals surface area contributed by atoms with E-state index in [1.807, 2.05) is 36.4 Å². The predicted octanol–water partition coefficient (Wildman–Crippen LogP) is 5.40. The Morgan fingerprint density at radius 1 is 1.00 bits per heavy atom. The maximum Gasteiger partial charge on any atom is 0.416 e. The van der Waals surface area contributed by atoms with E-state index in [0.717, 1.165) is 48.0 Å². The molecule has 0 spiro atoms. The summed E-state index contributed by atoms with van der Waals surface area (Å²) in [6.45, 7) is 5.16. The minimum absolute atomic E-state index is 0.156. The Bertz CT molecular complexity index is 1200. The van der Waals surface area contributed by atoms with Crippen molar-refractivity contribution in [1.82, 2.24) is 4.90 Å². The Morgan fingerprint density at radius 3 is 2.42 bits per heavy atom. The third-order valence-corrected chi connectivity index (χ3v) is 6.68. The van der Waals surface area contributed by atoms with E-state index in [0.29, 0.717) is 25.4 Å². The second-order valence-electron chi connectivity index (χ2n) is 9.10. The molecule has 1 saturated heterocycles. The number of carbonyl (C=O) groups excluding carboxylic acids is 1. The zero-order chi connectivity index (χ0) is 25.3. The van der Waals surface area contributed by atoms with Crippen molar-refractivity contribution in [2.45, 2.75) is 31.7 Å². The Morgan fingerprint density at radius 2 is 1.72 bits per heavy atom. The van der Waals surface area contributed by atoms with Gasteiger partial charge in [-0.3, -0.25) is 9.69 Å². The topological polar surface area (TPSA) is 55.2 Å². The van der Waals surface area contributed by atoms with Crippen molar-refractivity contribution in [3.05, 3.63) is 83.3 Å². The van der Waals surface area contributed by atoms with Crippen LogP contribution in [0.5, 0.6) is 5.75 Å². The van der Waals surface area contributed by atoms with Crippen LogP contribution in [0.4, 0.5) is 18.9 Å². The maximum absolute atomic E-state index is 12.8. The molecule has 2 aliphatic heterocycles. The molecule has 3 heterocycles. The number of anilines is 1. The Hall–Kier alpha value is -3.46. The fourth-order valence-corrected chi connectivity index (χ4v) is 4.80. The van der Waals surface area contributed by atoms with Crippen LogP contribution in [0.3, 0.4) is 0 Å². The van der Waals surface area contributed by atoms with Gasteiger partial charge in [-0.1, -0.05) is 18.2 Å². The highest BCUT2D eigenvalue weighted by molar-refractivity contribution is 5.66. The van der Waals surface area contributed by atoms with Gasteiger partial charge in [-0.15, -0.1) is 0 Å². The predicted molar refractivity (Wildman–Crippen MR) is 127 cm³/mol. The van der Waals surface area contributed by atoms with E-state index >= 15 is 0 Å². The van der Waals surface area contributed by atoms with E-state index in [-0.39, 0.29) is 24.6 Å². The summed E-state index contributed by atoms with van der Waals surface area (Å²) in [5, 5.41) is 0. The van der Waals surface area contributed by atoms with Gasteiger partial charge in [0.05, 0.1) is 18.0 Å². The first-order chi connectivity index (χ1) is 17.3. The second kappa shape index (κ2) is 9.89.